The van der Waals surface area contributed by atoms with Crippen LogP contribution in [0, 0.1) is 6.92 Å². The van der Waals surface area contributed by atoms with Crippen molar-refractivity contribution in [2.24, 2.45) is 0 Å². The van der Waals surface area contributed by atoms with Gasteiger partial charge in [-0.3, -0.25) is 0 Å². The molecule has 0 aromatic heterocycles. The first-order valence-electron chi connectivity index (χ1n) is 11.3. The van der Waals surface area contributed by atoms with Gasteiger partial charge in [0.05, 0.1) is 5.41 Å². The fourth-order valence-corrected chi connectivity index (χ4v) is 6.29. The zero-order valence-corrected chi connectivity index (χ0v) is 18.0. The molecule has 32 heavy (non-hydrogen) atoms. The van der Waals surface area contributed by atoms with E-state index in [2.05, 4.69) is 122 Å². The van der Waals surface area contributed by atoms with Crippen LogP contribution in [0.5, 0.6) is 0 Å². The van der Waals surface area contributed by atoms with Gasteiger partial charge in [0.1, 0.15) is 0 Å². The van der Waals surface area contributed by atoms with E-state index in [1.807, 2.05) is 0 Å². The van der Waals surface area contributed by atoms with Crippen LogP contribution >= 0.6 is 0 Å². The standard InChI is InChI=1S/C32H22/c1-21-19-20-23(22-11-3-2-4-12-22)30-26-15-7-10-18-29(26)32(31(21)30)27-16-8-5-13-24(27)25-14-6-9-17-28(25)32/h2-20H,1H3. The van der Waals surface area contributed by atoms with Gasteiger partial charge >= 0.3 is 0 Å². The quantitative estimate of drug-likeness (QED) is 0.259. The summed E-state index contributed by atoms with van der Waals surface area (Å²) in [6, 6.07) is 42.5. The summed E-state index contributed by atoms with van der Waals surface area (Å²) in [6.07, 6.45) is 0. The Morgan fingerprint density at radius 3 is 1.56 bits per heavy atom. The van der Waals surface area contributed by atoms with E-state index in [-0.39, 0.29) is 5.41 Å². The highest BCUT2D eigenvalue weighted by atomic mass is 14.5. The molecule has 5 aromatic rings. The smallest absolute Gasteiger partial charge is 0.0622 e. The van der Waals surface area contributed by atoms with E-state index in [9.17, 15) is 0 Å². The Labute approximate surface area is 188 Å². The van der Waals surface area contributed by atoms with Crippen LogP contribution in [-0.2, 0) is 5.41 Å². The van der Waals surface area contributed by atoms with Gasteiger partial charge < -0.3 is 0 Å². The Kier molecular flexibility index (Phi) is 3.50. The van der Waals surface area contributed by atoms with Crippen LogP contribution in [0.2, 0.25) is 0 Å². The summed E-state index contributed by atoms with van der Waals surface area (Å²) in [6.45, 7) is 2.28. The average Bonchev–Trinajstić information content (AvgIpc) is 3.33. The third-order valence-corrected chi connectivity index (χ3v) is 7.43. The van der Waals surface area contributed by atoms with Gasteiger partial charge in [-0.1, -0.05) is 115 Å². The molecule has 0 nitrogen and oxygen atoms in total. The third kappa shape index (κ3) is 2.03. The maximum absolute atomic E-state index is 2.35. The monoisotopic (exact) mass is 406 g/mol. The van der Waals surface area contributed by atoms with Crippen LogP contribution in [0.3, 0.4) is 0 Å². The average molecular weight is 407 g/mol. The highest BCUT2D eigenvalue weighted by Gasteiger charge is 2.52. The van der Waals surface area contributed by atoms with Crippen molar-refractivity contribution < 1.29 is 0 Å². The lowest BCUT2D eigenvalue weighted by Gasteiger charge is -2.31. The molecule has 150 valence electrons. The van der Waals surface area contributed by atoms with Gasteiger partial charge in [0.15, 0.2) is 0 Å². The molecule has 0 amide bonds. The molecule has 5 aromatic carbocycles. The Morgan fingerprint density at radius 1 is 0.438 bits per heavy atom. The first kappa shape index (κ1) is 17.7. The Morgan fingerprint density at radius 2 is 0.938 bits per heavy atom. The molecule has 0 bridgehead atoms. The second-order valence-electron chi connectivity index (χ2n) is 8.93. The first-order valence-corrected chi connectivity index (χ1v) is 11.3. The normalized spacial score (nSPS) is 14.0. The largest absolute Gasteiger partial charge is 0.0728 e. The van der Waals surface area contributed by atoms with Gasteiger partial charge in [-0.2, -0.15) is 0 Å². The van der Waals surface area contributed by atoms with Crippen LogP contribution in [0.15, 0.2) is 115 Å². The van der Waals surface area contributed by atoms with Crippen LogP contribution < -0.4 is 0 Å². The minimum atomic E-state index is -0.270. The molecule has 0 aliphatic heterocycles. The number of fused-ring (bicyclic) bond motifs is 10. The van der Waals surface area contributed by atoms with Gasteiger partial charge in [-0.15, -0.1) is 0 Å². The summed E-state index contributed by atoms with van der Waals surface area (Å²) in [4.78, 5) is 0. The van der Waals surface area contributed by atoms with Gasteiger partial charge in [-0.25, -0.2) is 0 Å². The topological polar surface area (TPSA) is 0 Å². The fraction of sp³-hybridized carbons (Fsp3) is 0.0625. The SMILES string of the molecule is Cc1ccc(-c2ccccc2)c2c1C1(c3ccccc3-c3ccccc31)c1ccccc1-2. The molecule has 0 saturated heterocycles. The molecule has 2 aliphatic carbocycles. The molecule has 2 aliphatic rings. The summed E-state index contributed by atoms with van der Waals surface area (Å²) in [5, 5.41) is 0. The summed E-state index contributed by atoms with van der Waals surface area (Å²) in [7, 11) is 0. The second-order valence-corrected chi connectivity index (χ2v) is 8.93. The molecule has 0 unspecified atom stereocenters. The number of hydrogen-bond acceptors (Lipinski definition) is 0. The van der Waals surface area contributed by atoms with E-state index < -0.39 is 0 Å². The number of rotatable bonds is 1. The Bertz CT molecular complexity index is 1480. The summed E-state index contributed by atoms with van der Waals surface area (Å²) < 4.78 is 0. The summed E-state index contributed by atoms with van der Waals surface area (Å²) >= 11 is 0. The van der Waals surface area contributed by atoms with E-state index in [0.717, 1.165) is 0 Å². The third-order valence-electron chi connectivity index (χ3n) is 7.43. The van der Waals surface area contributed by atoms with Crippen LogP contribution in [0.1, 0.15) is 27.8 Å². The lowest BCUT2D eigenvalue weighted by Crippen LogP contribution is -2.26. The van der Waals surface area contributed by atoms with Crippen molar-refractivity contribution in [3.63, 3.8) is 0 Å². The molecule has 7 rings (SSSR count). The van der Waals surface area contributed by atoms with Crippen molar-refractivity contribution in [1.82, 2.24) is 0 Å². The highest BCUT2D eigenvalue weighted by Crippen LogP contribution is 2.64. The van der Waals surface area contributed by atoms with Crippen LogP contribution in [0.25, 0.3) is 33.4 Å². The van der Waals surface area contributed by atoms with Crippen molar-refractivity contribution >= 4 is 0 Å². The predicted molar refractivity (Wildman–Crippen MR) is 133 cm³/mol. The maximum atomic E-state index is 2.35. The lowest BCUT2D eigenvalue weighted by atomic mass is 9.69. The first-order chi connectivity index (χ1) is 15.8. The van der Waals surface area contributed by atoms with E-state index in [1.54, 1.807) is 0 Å². The van der Waals surface area contributed by atoms with E-state index in [0.29, 0.717) is 0 Å². The zero-order valence-electron chi connectivity index (χ0n) is 18.0. The molecule has 0 atom stereocenters. The second kappa shape index (κ2) is 6.31. The molecule has 0 heterocycles. The van der Waals surface area contributed by atoms with E-state index >= 15 is 0 Å². The minimum absolute atomic E-state index is 0.270. The van der Waals surface area contributed by atoms with E-state index in [4.69, 9.17) is 0 Å². The molecule has 0 heteroatoms. The Hall–Kier alpha value is -3.90. The molecule has 1 spiro atoms. The molecular weight excluding hydrogens is 384 g/mol. The van der Waals surface area contributed by atoms with Crippen molar-refractivity contribution in [3.05, 3.63) is 143 Å². The molecule has 0 saturated carbocycles. The number of benzene rings is 5. The van der Waals surface area contributed by atoms with Crippen molar-refractivity contribution in [1.29, 1.82) is 0 Å². The van der Waals surface area contributed by atoms with Gasteiger partial charge in [0, 0.05) is 0 Å². The van der Waals surface area contributed by atoms with Crippen LogP contribution in [0.4, 0.5) is 0 Å². The van der Waals surface area contributed by atoms with Crippen LogP contribution in [-0.4, -0.2) is 0 Å². The zero-order chi connectivity index (χ0) is 21.3. The Balaban J connectivity index is 1.71. The molecule has 0 radical (unpaired) electrons. The summed E-state index contributed by atoms with van der Waals surface area (Å²) in [5.74, 6) is 0. The van der Waals surface area contributed by atoms with Gasteiger partial charge in [0.25, 0.3) is 0 Å². The number of hydrogen-bond donors (Lipinski definition) is 0. The maximum Gasteiger partial charge on any atom is 0.0728 e. The highest BCUT2D eigenvalue weighted by molar-refractivity contribution is 6.00. The lowest BCUT2D eigenvalue weighted by molar-refractivity contribution is 0.786. The van der Waals surface area contributed by atoms with Crippen molar-refractivity contribution in [2.75, 3.05) is 0 Å². The fourth-order valence-electron chi connectivity index (χ4n) is 6.29. The molecule has 0 N–H and O–H groups in total. The predicted octanol–water partition coefficient (Wildman–Crippen LogP) is 8.01. The van der Waals surface area contributed by atoms with Gasteiger partial charge in [0.2, 0.25) is 0 Å². The van der Waals surface area contributed by atoms with Gasteiger partial charge in [-0.05, 0) is 68.1 Å². The minimum Gasteiger partial charge on any atom is -0.0622 e. The van der Waals surface area contributed by atoms with Crippen molar-refractivity contribution in [2.45, 2.75) is 12.3 Å². The molecule has 0 fully saturated rings. The summed E-state index contributed by atoms with van der Waals surface area (Å²) in [5.41, 5.74) is 14.8. The van der Waals surface area contributed by atoms with Crippen molar-refractivity contribution in [3.8, 4) is 33.4 Å². The van der Waals surface area contributed by atoms with E-state index in [1.165, 1.54) is 61.2 Å². The number of aryl methyl sites for hydroxylation is 1. The molecular formula is C32H22.